The maximum atomic E-state index is 13.8. The third-order valence-corrected chi connectivity index (χ3v) is 6.94. The van der Waals surface area contributed by atoms with Crippen molar-refractivity contribution >= 4 is 29.1 Å². The number of carbonyl (C=O) groups excluding carboxylic acids is 2. The first kappa shape index (κ1) is 34.4. The minimum absolute atomic E-state index is 0.0168. The van der Waals surface area contributed by atoms with E-state index in [4.69, 9.17) is 11.6 Å². The van der Waals surface area contributed by atoms with E-state index in [1.165, 1.54) is 49.4 Å². The van der Waals surface area contributed by atoms with Crippen LogP contribution in [-0.2, 0) is 19.3 Å². The van der Waals surface area contributed by atoms with Crippen LogP contribution in [0.1, 0.15) is 49.1 Å². The lowest BCUT2D eigenvalue weighted by Gasteiger charge is -2.16. The van der Waals surface area contributed by atoms with Crippen molar-refractivity contribution in [1.82, 2.24) is 35.3 Å². The van der Waals surface area contributed by atoms with Gasteiger partial charge in [0, 0.05) is 6.54 Å². The fraction of sp³-hybridized carbons (Fsp3) is 0.167. The standard InChI is InChI=1S/C30H20ClF6N9O3/c1-16-9-18(13-38)11-21(26(47)39-14-17-5-4-6-20(10-17)49-30(35,36)37)25(16)40-27(48)24-12-19(15-45-43-28(41-44-45)29(32,33)34)42-46(24)23-8-3-2-7-22(23)31/h2-12H,14-15H2,1H3,(H,39,47)(H,40,48). The van der Waals surface area contributed by atoms with Crippen LogP contribution in [0.25, 0.3) is 5.69 Å². The first-order chi connectivity index (χ1) is 23.1. The van der Waals surface area contributed by atoms with Crippen molar-refractivity contribution in [3.8, 4) is 17.5 Å². The number of alkyl halides is 6. The van der Waals surface area contributed by atoms with E-state index in [0.29, 0.717) is 10.4 Å². The highest BCUT2D eigenvalue weighted by molar-refractivity contribution is 6.32. The second-order valence-corrected chi connectivity index (χ2v) is 10.6. The molecule has 0 aliphatic heterocycles. The molecule has 49 heavy (non-hydrogen) atoms. The van der Waals surface area contributed by atoms with Crippen LogP contribution in [0.5, 0.6) is 5.75 Å². The molecule has 0 atom stereocenters. The number of nitrogens with one attached hydrogen (secondary N) is 2. The number of aromatic nitrogens is 6. The summed E-state index contributed by atoms with van der Waals surface area (Å²) >= 11 is 6.37. The average molecular weight is 704 g/mol. The van der Waals surface area contributed by atoms with Crippen LogP contribution in [0, 0.1) is 18.3 Å². The van der Waals surface area contributed by atoms with Crippen LogP contribution < -0.4 is 15.4 Å². The number of halogens is 7. The molecule has 19 heteroatoms. The van der Waals surface area contributed by atoms with Gasteiger partial charge in [-0.1, -0.05) is 35.9 Å². The van der Waals surface area contributed by atoms with Crippen molar-refractivity contribution in [2.24, 2.45) is 0 Å². The molecular weight excluding hydrogens is 684 g/mol. The summed E-state index contributed by atoms with van der Waals surface area (Å²) in [6.45, 7) is 0.863. The first-order valence-corrected chi connectivity index (χ1v) is 14.2. The van der Waals surface area contributed by atoms with Crippen molar-refractivity contribution in [3.63, 3.8) is 0 Å². The van der Waals surface area contributed by atoms with Crippen molar-refractivity contribution in [1.29, 1.82) is 5.26 Å². The molecule has 0 aliphatic rings. The molecule has 2 heterocycles. The van der Waals surface area contributed by atoms with Gasteiger partial charge in [0.2, 0.25) is 0 Å². The number of hydrogen-bond acceptors (Lipinski definition) is 8. The van der Waals surface area contributed by atoms with Gasteiger partial charge in [0.15, 0.2) is 0 Å². The molecule has 3 aromatic carbocycles. The van der Waals surface area contributed by atoms with Crippen LogP contribution in [0.3, 0.4) is 0 Å². The van der Waals surface area contributed by atoms with Crippen LogP contribution in [-0.4, -0.2) is 48.2 Å². The Bertz CT molecular complexity index is 2090. The highest BCUT2D eigenvalue weighted by atomic mass is 35.5. The van der Waals surface area contributed by atoms with Crippen molar-refractivity contribution in [2.75, 3.05) is 5.32 Å². The van der Waals surface area contributed by atoms with Gasteiger partial charge in [0.1, 0.15) is 18.0 Å². The Balaban J connectivity index is 1.45. The highest BCUT2D eigenvalue weighted by Gasteiger charge is 2.37. The largest absolute Gasteiger partial charge is 0.573 e. The van der Waals surface area contributed by atoms with Gasteiger partial charge in [-0.2, -0.15) is 28.3 Å². The fourth-order valence-corrected chi connectivity index (χ4v) is 4.77. The number of amides is 2. The van der Waals surface area contributed by atoms with E-state index < -0.39 is 42.5 Å². The zero-order chi connectivity index (χ0) is 35.5. The number of rotatable bonds is 9. The Kier molecular flexibility index (Phi) is 9.57. The minimum Gasteiger partial charge on any atom is -0.406 e. The summed E-state index contributed by atoms with van der Waals surface area (Å²) in [5.74, 6) is -3.58. The quantitative estimate of drug-likeness (QED) is 0.182. The number of hydrogen-bond donors (Lipinski definition) is 2. The molecule has 252 valence electrons. The molecular formula is C30H20ClF6N9O3. The Morgan fingerprint density at radius 3 is 2.41 bits per heavy atom. The van der Waals surface area contributed by atoms with Crippen LogP contribution in [0.4, 0.5) is 32.0 Å². The SMILES string of the molecule is Cc1cc(C#N)cc(C(=O)NCc2cccc(OC(F)(F)F)c2)c1NC(=O)c1cc(Cn2nnc(C(F)(F)F)n2)nn1-c1ccccc1Cl. The number of carbonyl (C=O) groups is 2. The van der Waals surface area contributed by atoms with Gasteiger partial charge in [-0.05, 0) is 65.7 Å². The summed E-state index contributed by atoms with van der Waals surface area (Å²) in [6, 6.07) is 17.0. The molecule has 2 aromatic heterocycles. The molecule has 5 aromatic rings. The van der Waals surface area contributed by atoms with Gasteiger partial charge in [0.25, 0.3) is 17.6 Å². The molecule has 0 saturated carbocycles. The maximum Gasteiger partial charge on any atom is 0.573 e. The summed E-state index contributed by atoms with van der Waals surface area (Å²) in [6.07, 6.45) is -9.76. The molecule has 0 spiro atoms. The fourth-order valence-electron chi connectivity index (χ4n) is 4.55. The third-order valence-electron chi connectivity index (χ3n) is 6.62. The number of aryl methyl sites for hydroxylation is 1. The van der Waals surface area contributed by atoms with Crippen molar-refractivity contribution < 1.29 is 40.7 Å². The summed E-state index contributed by atoms with van der Waals surface area (Å²) in [7, 11) is 0. The molecule has 12 nitrogen and oxygen atoms in total. The lowest BCUT2D eigenvalue weighted by atomic mass is 10.0. The van der Waals surface area contributed by atoms with E-state index in [-0.39, 0.29) is 51.0 Å². The van der Waals surface area contributed by atoms with Gasteiger partial charge in [-0.3, -0.25) is 9.59 Å². The first-order valence-electron chi connectivity index (χ1n) is 13.8. The van der Waals surface area contributed by atoms with Crippen molar-refractivity contribution in [3.05, 3.63) is 111 Å². The second-order valence-electron chi connectivity index (χ2n) is 10.2. The molecule has 5 rings (SSSR count). The predicted octanol–water partition coefficient (Wildman–Crippen LogP) is 5.84. The zero-order valence-electron chi connectivity index (χ0n) is 24.8. The molecule has 0 radical (unpaired) electrons. The van der Waals surface area contributed by atoms with Gasteiger partial charge in [-0.15, -0.1) is 23.4 Å². The molecule has 2 N–H and O–H groups in total. The van der Waals surface area contributed by atoms with E-state index in [1.807, 2.05) is 6.07 Å². The number of tetrazole rings is 1. The smallest absolute Gasteiger partial charge is 0.406 e. The Morgan fingerprint density at radius 1 is 0.980 bits per heavy atom. The topological polar surface area (TPSA) is 153 Å². The van der Waals surface area contributed by atoms with E-state index in [9.17, 15) is 41.2 Å². The Morgan fingerprint density at radius 2 is 1.73 bits per heavy atom. The normalized spacial score (nSPS) is 11.6. The van der Waals surface area contributed by atoms with Gasteiger partial charge >= 0.3 is 12.5 Å². The second kappa shape index (κ2) is 13.6. The number of nitriles is 1. The average Bonchev–Trinajstić information content (AvgIpc) is 3.68. The summed E-state index contributed by atoms with van der Waals surface area (Å²) in [5, 5.41) is 28.9. The molecule has 0 fully saturated rings. The molecule has 0 unspecified atom stereocenters. The Hall–Kier alpha value is -5.96. The summed E-state index contributed by atoms with van der Waals surface area (Å²) in [5.41, 5.74) is 0.582. The number of para-hydroxylation sites is 1. The van der Waals surface area contributed by atoms with Gasteiger partial charge < -0.3 is 15.4 Å². The maximum absolute atomic E-state index is 13.8. The summed E-state index contributed by atoms with van der Waals surface area (Å²) in [4.78, 5) is 27.8. The van der Waals surface area contributed by atoms with E-state index in [1.54, 1.807) is 12.1 Å². The lowest BCUT2D eigenvalue weighted by molar-refractivity contribution is -0.274. The van der Waals surface area contributed by atoms with Crippen molar-refractivity contribution in [2.45, 2.75) is 32.6 Å². The van der Waals surface area contributed by atoms with E-state index in [2.05, 4.69) is 35.9 Å². The van der Waals surface area contributed by atoms with E-state index >= 15 is 0 Å². The predicted molar refractivity (Wildman–Crippen MR) is 159 cm³/mol. The summed E-state index contributed by atoms with van der Waals surface area (Å²) < 4.78 is 82.1. The number of benzene rings is 3. The van der Waals surface area contributed by atoms with Crippen LogP contribution in [0.15, 0.2) is 66.7 Å². The van der Waals surface area contributed by atoms with Gasteiger partial charge in [-0.25, -0.2) is 4.68 Å². The van der Waals surface area contributed by atoms with Gasteiger partial charge in [0.05, 0.1) is 39.3 Å². The minimum atomic E-state index is -4.92. The lowest BCUT2D eigenvalue weighted by Crippen LogP contribution is -2.26. The molecule has 0 aliphatic carbocycles. The van der Waals surface area contributed by atoms with Crippen LogP contribution >= 0.6 is 11.6 Å². The third kappa shape index (κ3) is 8.31. The molecule has 2 amide bonds. The highest BCUT2D eigenvalue weighted by Crippen LogP contribution is 2.28. The van der Waals surface area contributed by atoms with Crippen LogP contribution in [0.2, 0.25) is 5.02 Å². The number of anilines is 1. The molecule has 0 saturated heterocycles. The number of nitrogens with zero attached hydrogens (tertiary/aromatic N) is 7. The zero-order valence-corrected chi connectivity index (χ0v) is 25.5. The number of ether oxygens (including phenoxy) is 1. The monoisotopic (exact) mass is 703 g/mol. The van der Waals surface area contributed by atoms with E-state index in [0.717, 1.165) is 16.8 Å². The Labute approximate surface area is 276 Å². The molecule has 0 bridgehead atoms.